The maximum Gasteiger partial charge on any atom is 0.126 e. The largest absolute Gasteiger partial charge is 0.207 e. The molecule has 0 aliphatic heterocycles. The molecule has 0 fully saturated rings. The Hall–Kier alpha value is -0.355. The minimum absolute atomic E-state index is 0.227. The summed E-state index contributed by atoms with van der Waals surface area (Å²) in [6.07, 6.45) is 0.255. The van der Waals surface area contributed by atoms with E-state index in [2.05, 4.69) is 9.24 Å². The summed E-state index contributed by atoms with van der Waals surface area (Å²) >= 11 is 0. The molecule has 3 heteroatoms. The van der Waals surface area contributed by atoms with Crippen molar-refractivity contribution in [3.63, 3.8) is 0 Å². The number of hydrogen-bond donors (Lipinski definition) is 0. The van der Waals surface area contributed by atoms with Crippen LogP contribution in [0, 0.1) is 5.82 Å². The third-order valence-electron chi connectivity index (χ3n) is 1.36. The van der Waals surface area contributed by atoms with Crippen molar-refractivity contribution >= 4 is 22.4 Å². The highest BCUT2D eigenvalue weighted by molar-refractivity contribution is 7.27. The van der Waals surface area contributed by atoms with E-state index in [1.807, 2.05) is 6.07 Å². The summed E-state index contributed by atoms with van der Waals surface area (Å²) in [5, 5.41) is 0.836. The Labute approximate surface area is 63.4 Å². The molecular weight excluding hydrogens is 145 g/mol. The Morgan fingerprint density at radius 2 is 2.20 bits per heavy atom. The van der Waals surface area contributed by atoms with Gasteiger partial charge in [-0.15, -0.1) is 9.24 Å². The number of hydrogen-bond acceptors (Lipinski definition) is 0. The van der Waals surface area contributed by atoms with Gasteiger partial charge in [0, 0.05) is 0 Å². The third-order valence-corrected chi connectivity index (χ3v) is 1.90. The highest BCUT2D eigenvalue weighted by Gasteiger charge is 2.00. The molecule has 0 nitrogen and oxygen atoms in total. The molecule has 0 bridgehead atoms. The van der Waals surface area contributed by atoms with E-state index in [1.165, 1.54) is 6.07 Å². The average molecular weight is 152 g/mol. The molecule has 1 unspecified atom stereocenters. The molecule has 0 N–H and O–H groups in total. The lowest BCUT2D eigenvalue weighted by molar-refractivity contribution is 0.618. The van der Waals surface area contributed by atoms with Crippen molar-refractivity contribution in [1.29, 1.82) is 0 Å². The summed E-state index contributed by atoms with van der Waals surface area (Å²) in [5.41, 5.74) is 0.576. The molecule has 10 heavy (non-hydrogen) atoms. The van der Waals surface area contributed by atoms with Crippen molar-refractivity contribution in [3.8, 4) is 0 Å². The number of benzene rings is 1. The zero-order valence-corrected chi connectivity index (χ0v) is 6.63. The summed E-state index contributed by atoms with van der Waals surface area (Å²) in [5.74, 6) is -0.227. The van der Waals surface area contributed by atoms with E-state index >= 15 is 0 Å². The first-order valence-electron chi connectivity index (χ1n) is 2.98. The van der Waals surface area contributed by atoms with Crippen LogP contribution in [0.15, 0.2) is 18.2 Å². The van der Waals surface area contributed by atoms with Gasteiger partial charge in [-0.25, -0.2) is 4.39 Å². The van der Waals surface area contributed by atoms with Gasteiger partial charge in [0.1, 0.15) is 5.82 Å². The topological polar surface area (TPSA) is 0 Å². The van der Waals surface area contributed by atoms with Gasteiger partial charge < -0.3 is 0 Å². The van der Waals surface area contributed by atoms with Crippen LogP contribution < -0.4 is 5.30 Å². The lowest BCUT2D eigenvalue weighted by Gasteiger charge is -2.01. The Balaban J connectivity index is 3.17. The molecule has 0 spiro atoms. The molecule has 0 aliphatic carbocycles. The van der Waals surface area contributed by atoms with Crippen molar-refractivity contribution in [2.24, 2.45) is 0 Å². The molecule has 0 aliphatic rings. The monoisotopic (exact) mass is 152 g/mol. The van der Waals surface area contributed by atoms with Gasteiger partial charge in [-0.3, -0.25) is 0 Å². The second-order valence-electron chi connectivity index (χ2n) is 2.01. The van der Waals surface area contributed by atoms with E-state index < -0.39 is 0 Å². The minimum atomic E-state index is -0.227. The van der Waals surface area contributed by atoms with Crippen LogP contribution in [-0.2, 0) is 6.32 Å². The van der Waals surface area contributed by atoms with Gasteiger partial charge in [0.25, 0.3) is 0 Å². The van der Waals surface area contributed by atoms with Gasteiger partial charge >= 0.3 is 0 Å². The quantitative estimate of drug-likeness (QED) is 0.415. The summed E-state index contributed by atoms with van der Waals surface area (Å²) in [7, 11) is 7.74. The van der Waals surface area contributed by atoms with E-state index in [4.69, 9.17) is 7.85 Å². The molecule has 50 valence electrons. The third kappa shape index (κ3) is 1.38. The van der Waals surface area contributed by atoms with Gasteiger partial charge in [-0.2, -0.15) is 0 Å². The second-order valence-corrected chi connectivity index (χ2v) is 2.63. The Morgan fingerprint density at radius 1 is 1.50 bits per heavy atom. The normalized spacial score (nSPS) is 9.80. The summed E-state index contributed by atoms with van der Waals surface area (Å²) in [6, 6.07) is 4.89. The van der Waals surface area contributed by atoms with Crippen molar-refractivity contribution < 1.29 is 4.39 Å². The molecular formula is C7H7BFP. The smallest absolute Gasteiger partial charge is 0.126 e. The molecule has 0 aromatic heterocycles. The summed E-state index contributed by atoms with van der Waals surface area (Å²) in [6.45, 7) is 0. The maximum absolute atomic E-state index is 12.8. The Bertz CT molecular complexity index is 217. The van der Waals surface area contributed by atoms with E-state index in [9.17, 15) is 4.39 Å². The van der Waals surface area contributed by atoms with Crippen molar-refractivity contribution in [1.82, 2.24) is 0 Å². The molecule has 1 aromatic carbocycles. The van der Waals surface area contributed by atoms with Gasteiger partial charge in [0.2, 0.25) is 0 Å². The van der Waals surface area contributed by atoms with Crippen LogP contribution in [0.5, 0.6) is 0 Å². The van der Waals surface area contributed by atoms with Gasteiger partial charge in [-0.1, -0.05) is 18.5 Å². The standard InChI is InChI=1S/C7H7BFP/c8-4-5-6(9)2-1-3-7(5)10/h1-3H,4,10H2. The summed E-state index contributed by atoms with van der Waals surface area (Å²) in [4.78, 5) is 0. The molecule has 0 amide bonds. The fourth-order valence-corrected chi connectivity index (χ4v) is 1.16. The first kappa shape index (κ1) is 7.75. The zero-order valence-electron chi connectivity index (χ0n) is 5.47. The van der Waals surface area contributed by atoms with Crippen molar-refractivity contribution in [3.05, 3.63) is 29.6 Å². The highest BCUT2D eigenvalue weighted by Crippen LogP contribution is 2.05. The maximum atomic E-state index is 12.8. The van der Waals surface area contributed by atoms with E-state index in [1.54, 1.807) is 6.07 Å². The molecule has 1 atom stereocenters. The predicted molar refractivity (Wildman–Crippen MR) is 45.2 cm³/mol. The van der Waals surface area contributed by atoms with Crippen LogP contribution in [-0.4, -0.2) is 7.85 Å². The SMILES string of the molecule is [B]Cc1c(F)cccc1P. The fourth-order valence-electron chi connectivity index (χ4n) is 0.791. The number of rotatable bonds is 1. The van der Waals surface area contributed by atoms with Crippen LogP contribution in [0.2, 0.25) is 0 Å². The van der Waals surface area contributed by atoms with E-state index in [-0.39, 0.29) is 12.1 Å². The first-order valence-corrected chi connectivity index (χ1v) is 3.56. The lowest BCUT2D eigenvalue weighted by atomic mass is 9.96. The zero-order chi connectivity index (χ0) is 7.56. The van der Waals surface area contributed by atoms with E-state index in [0.29, 0.717) is 5.56 Å². The molecule has 1 rings (SSSR count). The van der Waals surface area contributed by atoms with Crippen LogP contribution in [0.3, 0.4) is 0 Å². The Morgan fingerprint density at radius 3 is 2.60 bits per heavy atom. The van der Waals surface area contributed by atoms with E-state index in [0.717, 1.165) is 5.30 Å². The predicted octanol–water partition coefficient (Wildman–Crippen LogP) is 0.995. The molecule has 2 radical (unpaired) electrons. The molecule has 0 saturated carbocycles. The van der Waals surface area contributed by atoms with Crippen molar-refractivity contribution in [2.75, 3.05) is 0 Å². The highest BCUT2D eigenvalue weighted by atomic mass is 31.0. The van der Waals surface area contributed by atoms with Gasteiger partial charge in [0.05, 0.1) is 7.85 Å². The van der Waals surface area contributed by atoms with Crippen LogP contribution in [0.1, 0.15) is 5.56 Å². The minimum Gasteiger partial charge on any atom is -0.207 e. The molecule has 1 aromatic rings. The summed E-state index contributed by atoms with van der Waals surface area (Å²) < 4.78 is 12.8. The molecule has 0 heterocycles. The van der Waals surface area contributed by atoms with Gasteiger partial charge in [0.15, 0.2) is 0 Å². The second kappa shape index (κ2) is 3.16. The Kier molecular flexibility index (Phi) is 2.45. The molecule has 0 saturated heterocycles. The van der Waals surface area contributed by atoms with Crippen LogP contribution >= 0.6 is 9.24 Å². The fraction of sp³-hybridized carbons (Fsp3) is 0.143. The average Bonchev–Trinajstić information content (AvgIpc) is 1.88. The van der Waals surface area contributed by atoms with Crippen molar-refractivity contribution in [2.45, 2.75) is 6.32 Å². The van der Waals surface area contributed by atoms with Gasteiger partial charge in [-0.05, 0) is 16.9 Å². The first-order chi connectivity index (χ1) is 4.75. The number of halogens is 1. The lowest BCUT2D eigenvalue weighted by Crippen LogP contribution is -2.04. The van der Waals surface area contributed by atoms with Crippen LogP contribution in [0.4, 0.5) is 4.39 Å². The van der Waals surface area contributed by atoms with Crippen LogP contribution in [0.25, 0.3) is 0 Å².